The zero-order chi connectivity index (χ0) is 17.9. The molecule has 4 aromatic rings. The lowest BCUT2D eigenvalue weighted by Crippen LogP contribution is -2.19. The lowest BCUT2D eigenvalue weighted by Gasteiger charge is -2.14. The second kappa shape index (κ2) is 7.16. The Morgan fingerprint density at radius 2 is 1.65 bits per heavy atom. The van der Waals surface area contributed by atoms with Crippen molar-refractivity contribution in [2.24, 2.45) is 5.73 Å². The smallest absolute Gasteiger partial charge is 0.102 e. The third-order valence-electron chi connectivity index (χ3n) is 4.79. The van der Waals surface area contributed by atoms with Crippen molar-refractivity contribution in [3.63, 3.8) is 0 Å². The number of aromatic amines is 1. The van der Waals surface area contributed by atoms with E-state index in [0.717, 1.165) is 11.9 Å². The summed E-state index contributed by atoms with van der Waals surface area (Å²) in [6, 6.07) is 25.4. The second-order valence-electron chi connectivity index (χ2n) is 6.62. The summed E-state index contributed by atoms with van der Waals surface area (Å²) >= 11 is 0. The molecule has 1 aromatic heterocycles. The van der Waals surface area contributed by atoms with Crippen LogP contribution in [0.25, 0.3) is 33.2 Å². The number of benzene rings is 3. The molecule has 130 valence electrons. The van der Waals surface area contributed by atoms with Crippen LogP contribution >= 0.6 is 0 Å². The van der Waals surface area contributed by atoms with Crippen molar-refractivity contribution in [1.82, 2.24) is 4.98 Å². The molecule has 0 saturated carbocycles. The van der Waals surface area contributed by atoms with E-state index in [2.05, 4.69) is 59.6 Å². The van der Waals surface area contributed by atoms with Gasteiger partial charge in [0, 0.05) is 11.7 Å². The van der Waals surface area contributed by atoms with Crippen LogP contribution in [0.3, 0.4) is 0 Å². The SMILES string of the molecule is NC(O)CCc1cc(-c2ccccc2)ccc1-c1ccc2cc[nH]c2c1. The summed E-state index contributed by atoms with van der Waals surface area (Å²) in [4.78, 5) is 3.28. The van der Waals surface area contributed by atoms with Crippen LogP contribution in [0, 0.1) is 0 Å². The number of aromatic nitrogens is 1. The fourth-order valence-corrected chi connectivity index (χ4v) is 3.41. The van der Waals surface area contributed by atoms with Gasteiger partial charge in [-0.1, -0.05) is 60.7 Å². The van der Waals surface area contributed by atoms with Crippen molar-refractivity contribution < 1.29 is 5.11 Å². The van der Waals surface area contributed by atoms with Crippen molar-refractivity contribution in [3.05, 3.63) is 84.6 Å². The first-order valence-corrected chi connectivity index (χ1v) is 8.90. The molecule has 3 aromatic carbocycles. The van der Waals surface area contributed by atoms with Crippen molar-refractivity contribution >= 4 is 10.9 Å². The molecule has 0 fully saturated rings. The zero-order valence-electron chi connectivity index (χ0n) is 14.5. The van der Waals surface area contributed by atoms with Crippen molar-refractivity contribution in [2.75, 3.05) is 0 Å². The Hall–Kier alpha value is -2.88. The zero-order valence-corrected chi connectivity index (χ0v) is 14.5. The summed E-state index contributed by atoms with van der Waals surface area (Å²) in [7, 11) is 0. The fraction of sp³-hybridized carbons (Fsp3) is 0.130. The number of nitrogens with one attached hydrogen (secondary N) is 1. The maximum absolute atomic E-state index is 9.55. The molecule has 1 atom stereocenters. The first-order valence-electron chi connectivity index (χ1n) is 8.90. The van der Waals surface area contributed by atoms with Gasteiger partial charge in [-0.3, -0.25) is 0 Å². The van der Waals surface area contributed by atoms with E-state index in [9.17, 15) is 5.11 Å². The highest BCUT2D eigenvalue weighted by molar-refractivity contribution is 5.86. The van der Waals surface area contributed by atoms with E-state index in [1.807, 2.05) is 24.4 Å². The Kier molecular flexibility index (Phi) is 4.57. The van der Waals surface area contributed by atoms with Gasteiger partial charge in [-0.05, 0) is 58.2 Å². The molecular formula is C23H22N2O. The standard InChI is InChI=1S/C23H22N2O/c24-23(26)11-9-19-14-18(16-4-2-1-3-5-16)8-10-21(19)20-7-6-17-12-13-25-22(17)15-20/h1-8,10,12-15,23,25-26H,9,11,24H2. The van der Waals surface area contributed by atoms with Gasteiger partial charge in [0.15, 0.2) is 0 Å². The number of aliphatic hydroxyl groups excluding tert-OH is 1. The Morgan fingerprint density at radius 3 is 2.46 bits per heavy atom. The summed E-state index contributed by atoms with van der Waals surface area (Å²) in [5.74, 6) is 0. The molecule has 0 radical (unpaired) electrons. The normalized spacial score (nSPS) is 12.4. The van der Waals surface area contributed by atoms with Gasteiger partial charge in [0.1, 0.15) is 6.23 Å². The van der Waals surface area contributed by atoms with Gasteiger partial charge in [0.25, 0.3) is 0 Å². The van der Waals surface area contributed by atoms with Crippen LogP contribution in [0.15, 0.2) is 79.0 Å². The third-order valence-corrected chi connectivity index (χ3v) is 4.79. The van der Waals surface area contributed by atoms with Gasteiger partial charge in [0.05, 0.1) is 0 Å². The van der Waals surface area contributed by atoms with Crippen LogP contribution in [-0.2, 0) is 6.42 Å². The molecule has 0 spiro atoms. The van der Waals surface area contributed by atoms with Gasteiger partial charge in [-0.2, -0.15) is 0 Å². The Labute approximate surface area is 153 Å². The van der Waals surface area contributed by atoms with Crippen LogP contribution in [-0.4, -0.2) is 16.3 Å². The molecular weight excluding hydrogens is 320 g/mol. The Balaban J connectivity index is 1.79. The average Bonchev–Trinajstić information content (AvgIpc) is 3.14. The van der Waals surface area contributed by atoms with Gasteiger partial charge in [-0.25, -0.2) is 0 Å². The summed E-state index contributed by atoms with van der Waals surface area (Å²) in [5.41, 5.74) is 12.6. The van der Waals surface area contributed by atoms with E-state index in [4.69, 9.17) is 5.73 Å². The molecule has 0 amide bonds. The number of nitrogens with two attached hydrogens (primary N) is 1. The van der Waals surface area contributed by atoms with Crippen LogP contribution < -0.4 is 5.73 Å². The highest BCUT2D eigenvalue weighted by Gasteiger charge is 2.10. The van der Waals surface area contributed by atoms with E-state index < -0.39 is 6.23 Å². The second-order valence-corrected chi connectivity index (χ2v) is 6.62. The largest absolute Gasteiger partial charge is 0.379 e. The summed E-state index contributed by atoms with van der Waals surface area (Å²) in [6.07, 6.45) is 2.43. The molecule has 0 aliphatic rings. The van der Waals surface area contributed by atoms with Gasteiger partial charge < -0.3 is 15.8 Å². The number of aliphatic hydroxyl groups is 1. The summed E-state index contributed by atoms with van der Waals surface area (Å²) < 4.78 is 0. The number of aryl methyl sites for hydroxylation is 1. The van der Waals surface area contributed by atoms with Gasteiger partial charge in [0.2, 0.25) is 0 Å². The molecule has 4 N–H and O–H groups in total. The van der Waals surface area contributed by atoms with Crippen molar-refractivity contribution in [2.45, 2.75) is 19.1 Å². The molecule has 0 aliphatic heterocycles. The molecule has 3 heteroatoms. The Bertz CT molecular complexity index is 1020. The van der Waals surface area contributed by atoms with Crippen LogP contribution in [0.1, 0.15) is 12.0 Å². The lowest BCUT2D eigenvalue weighted by molar-refractivity contribution is 0.172. The number of H-pyrrole nitrogens is 1. The van der Waals surface area contributed by atoms with Crippen LogP contribution in [0.2, 0.25) is 0 Å². The topological polar surface area (TPSA) is 62.0 Å². The highest BCUT2D eigenvalue weighted by atomic mass is 16.3. The lowest BCUT2D eigenvalue weighted by atomic mass is 9.92. The van der Waals surface area contributed by atoms with E-state index in [1.54, 1.807) is 0 Å². The molecule has 0 saturated heterocycles. The minimum absolute atomic E-state index is 0.538. The summed E-state index contributed by atoms with van der Waals surface area (Å²) in [6.45, 7) is 0. The van der Waals surface area contributed by atoms with Crippen LogP contribution in [0.4, 0.5) is 0 Å². The molecule has 4 rings (SSSR count). The quantitative estimate of drug-likeness (QED) is 0.460. The number of hydrogen-bond acceptors (Lipinski definition) is 2. The fourth-order valence-electron chi connectivity index (χ4n) is 3.41. The third kappa shape index (κ3) is 3.40. The first kappa shape index (κ1) is 16.6. The Morgan fingerprint density at radius 1 is 0.846 bits per heavy atom. The molecule has 0 aliphatic carbocycles. The van der Waals surface area contributed by atoms with Gasteiger partial charge in [-0.15, -0.1) is 0 Å². The minimum atomic E-state index is -0.797. The molecule has 1 unspecified atom stereocenters. The maximum Gasteiger partial charge on any atom is 0.102 e. The molecule has 1 heterocycles. The van der Waals surface area contributed by atoms with E-state index in [-0.39, 0.29) is 0 Å². The van der Waals surface area contributed by atoms with Gasteiger partial charge >= 0.3 is 0 Å². The van der Waals surface area contributed by atoms with Crippen molar-refractivity contribution in [3.8, 4) is 22.3 Å². The van der Waals surface area contributed by atoms with E-state index in [1.165, 1.54) is 33.2 Å². The molecule has 26 heavy (non-hydrogen) atoms. The maximum atomic E-state index is 9.55. The predicted molar refractivity (Wildman–Crippen MR) is 108 cm³/mol. The van der Waals surface area contributed by atoms with E-state index >= 15 is 0 Å². The monoisotopic (exact) mass is 342 g/mol. The molecule has 3 nitrogen and oxygen atoms in total. The molecule has 0 bridgehead atoms. The number of rotatable bonds is 5. The predicted octanol–water partition coefficient (Wildman–Crippen LogP) is 4.71. The van der Waals surface area contributed by atoms with Crippen molar-refractivity contribution in [1.29, 1.82) is 0 Å². The number of fused-ring (bicyclic) bond motifs is 1. The highest BCUT2D eigenvalue weighted by Crippen LogP contribution is 2.31. The number of hydrogen-bond donors (Lipinski definition) is 3. The van der Waals surface area contributed by atoms with E-state index in [0.29, 0.717) is 6.42 Å². The summed E-state index contributed by atoms with van der Waals surface area (Å²) in [5, 5.41) is 10.8. The first-order chi connectivity index (χ1) is 12.7. The van der Waals surface area contributed by atoms with Crippen LogP contribution in [0.5, 0.6) is 0 Å². The average molecular weight is 342 g/mol. The minimum Gasteiger partial charge on any atom is -0.379 e.